The first-order valence-corrected chi connectivity index (χ1v) is 6.31. The number of pyridine rings is 1. The first-order chi connectivity index (χ1) is 9.28. The van der Waals surface area contributed by atoms with Crippen molar-refractivity contribution in [3.63, 3.8) is 0 Å². The van der Waals surface area contributed by atoms with E-state index in [0.717, 1.165) is 23.3 Å². The highest BCUT2D eigenvalue weighted by atomic mass is 16.5. The van der Waals surface area contributed by atoms with Gasteiger partial charge in [-0.15, -0.1) is 0 Å². The molecule has 0 radical (unpaired) electrons. The van der Waals surface area contributed by atoms with Crippen molar-refractivity contribution in [2.24, 2.45) is 0 Å². The second-order valence-corrected chi connectivity index (χ2v) is 4.42. The molecule has 0 saturated heterocycles. The summed E-state index contributed by atoms with van der Waals surface area (Å²) >= 11 is 0. The predicted molar refractivity (Wildman–Crippen MR) is 74.3 cm³/mol. The maximum atomic E-state index is 11.9. The number of aryl methyl sites for hydroxylation is 1. The summed E-state index contributed by atoms with van der Waals surface area (Å²) in [5.74, 6) is 1.03. The van der Waals surface area contributed by atoms with Gasteiger partial charge in [-0.3, -0.25) is 9.78 Å². The molecule has 0 fully saturated rings. The van der Waals surface area contributed by atoms with Gasteiger partial charge in [0.2, 0.25) is 0 Å². The lowest BCUT2D eigenvalue weighted by molar-refractivity contribution is -0.118. The number of rotatable bonds is 6. The molecule has 0 atom stereocenters. The Bertz CT molecular complexity index is 537. The van der Waals surface area contributed by atoms with Crippen LogP contribution in [0.3, 0.4) is 0 Å². The number of ketones is 1. The fourth-order valence-corrected chi connectivity index (χ4v) is 1.93. The second kappa shape index (κ2) is 6.69. The van der Waals surface area contributed by atoms with Crippen LogP contribution >= 0.6 is 0 Å². The number of Topliss-reactive ketones (excluding diaryl/α,β-unsaturated/α-hetero) is 1. The van der Waals surface area contributed by atoms with Crippen molar-refractivity contribution in [2.75, 3.05) is 7.11 Å². The molecule has 0 aliphatic heterocycles. The third-order valence-corrected chi connectivity index (χ3v) is 2.98. The Hall–Kier alpha value is -2.16. The van der Waals surface area contributed by atoms with E-state index >= 15 is 0 Å². The normalized spacial score (nSPS) is 10.2. The number of nitrogens with zero attached hydrogens (tertiary/aromatic N) is 1. The van der Waals surface area contributed by atoms with E-state index in [4.69, 9.17) is 4.74 Å². The van der Waals surface area contributed by atoms with Gasteiger partial charge >= 0.3 is 0 Å². The smallest absolute Gasteiger partial charge is 0.137 e. The molecule has 2 aromatic rings. The monoisotopic (exact) mass is 255 g/mol. The standard InChI is InChI=1S/C16H17NO2/c1-19-16-4-2-3-14(12-16)11-15(18)6-5-13-7-9-17-10-8-13/h2-4,7-10,12H,5-6,11H2,1H3. The van der Waals surface area contributed by atoms with Crippen molar-refractivity contribution in [1.82, 2.24) is 4.98 Å². The first kappa shape index (κ1) is 13.3. The topological polar surface area (TPSA) is 39.2 Å². The van der Waals surface area contributed by atoms with E-state index < -0.39 is 0 Å². The van der Waals surface area contributed by atoms with Crippen molar-refractivity contribution in [3.8, 4) is 5.75 Å². The fraction of sp³-hybridized carbons (Fsp3) is 0.250. The first-order valence-electron chi connectivity index (χ1n) is 6.31. The SMILES string of the molecule is COc1cccc(CC(=O)CCc2ccncc2)c1. The molecule has 0 aliphatic rings. The van der Waals surface area contributed by atoms with Gasteiger partial charge in [0.1, 0.15) is 11.5 Å². The zero-order chi connectivity index (χ0) is 13.5. The summed E-state index contributed by atoms with van der Waals surface area (Å²) in [6, 6.07) is 11.5. The van der Waals surface area contributed by atoms with Crippen LogP contribution in [-0.4, -0.2) is 17.9 Å². The van der Waals surface area contributed by atoms with Crippen molar-refractivity contribution in [2.45, 2.75) is 19.3 Å². The average Bonchev–Trinajstić information content (AvgIpc) is 2.46. The third-order valence-electron chi connectivity index (χ3n) is 2.98. The molecule has 3 heteroatoms. The summed E-state index contributed by atoms with van der Waals surface area (Å²) < 4.78 is 5.15. The van der Waals surface area contributed by atoms with Crippen molar-refractivity contribution in [3.05, 3.63) is 59.9 Å². The highest BCUT2D eigenvalue weighted by molar-refractivity contribution is 5.81. The Morgan fingerprint density at radius 1 is 1.16 bits per heavy atom. The fourth-order valence-electron chi connectivity index (χ4n) is 1.93. The minimum atomic E-state index is 0.241. The van der Waals surface area contributed by atoms with Gasteiger partial charge < -0.3 is 4.74 Å². The predicted octanol–water partition coefficient (Wildman–Crippen LogP) is 2.83. The molecule has 3 nitrogen and oxygen atoms in total. The number of ether oxygens (including phenoxy) is 1. The van der Waals surface area contributed by atoms with E-state index in [1.54, 1.807) is 19.5 Å². The lowest BCUT2D eigenvalue weighted by Gasteiger charge is -2.04. The summed E-state index contributed by atoms with van der Waals surface area (Å²) in [4.78, 5) is 15.9. The quantitative estimate of drug-likeness (QED) is 0.796. The Morgan fingerprint density at radius 3 is 2.68 bits per heavy atom. The zero-order valence-corrected chi connectivity index (χ0v) is 11.0. The molecule has 0 saturated carbocycles. The van der Waals surface area contributed by atoms with E-state index in [2.05, 4.69) is 4.98 Å². The van der Waals surface area contributed by atoms with Gasteiger partial charge in [-0.1, -0.05) is 12.1 Å². The van der Waals surface area contributed by atoms with Gasteiger partial charge in [0, 0.05) is 25.2 Å². The molecule has 0 bridgehead atoms. The lowest BCUT2D eigenvalue weighted by atomic mass is 10.0. The Labute approximate surface area is 113 Å². The third kappa shape index (κ3) is 4.21. The average molecular weight is 255 g/mol. The molecule has 98 valence electrons. The number of carbonyl (C=O) groups is 1. The van der Waals surface area contributed by atoms with Gasteiger partial charge in [-0.2, -0.15) is 0 Å². The molecule has 1 heterocycles. The Kier molecular flexibility index (Phi) is 4.67. The van der Waals surface area contributed by atoms with E-state index in [9.17, 15) is 4.79 Å². The molecule has 0 spiro atoms. The van der Waals surface area contributed by atoms with Gasteiger partial charge in [0.15, 0.2) is 0 Å². The second-order valence-electron chi connectivity index (χ2n) is 4.42. The van der Waals surface area contributed by atoms with Crippen LogP contribution < -0.4 is 4.74 Å². The number of hydrogen-bond acceptors (Lipinski definition) is 3. The number of carbonyl (C=O) groups excluding carboxylic acids is 1. The minimum Gasteiger partial charge on any atom is -0.497 e. The van der Waals surface area contributed by atoms with Crippen LogP contribution in [-0.2, 0) is 17.6 Å². The van der Waals surface area contributed by atoms with Crippen LogP contribution in [0.1, 0.15) is 17.5 Å². The molecule has 0 unspecified atom stereocenters. The van der Waals surface area contributed by atoms with Crippen LogP contribution in [0.15, 0.2) is 48.8 Å². The highest BCUT2D eigenvalue weighted by Gasteiger charge is 2.05. The van der Waals surface area contributed by atoms with Crippen LogP contribution in [0, 0.1) is 0 Å². The Balaban J connectivity index is 1.87. The van der Waals surface area contributed by atoms with Crippen LogP contribution in [0.5, 0.6) is 5.75 Å². The van der Waals surface area contributed by atoms with Crippen molar-refractivity contribution >= 4 is 5.78 Å². The summed E-state index contributed by atoms with van der Waals surface area (Å²) in [7, 11) is 1.63. The summed E-state index contributed by atoms with van der Waals surface area (Å²) in [5.41, 5.74) is 2.15. The molecule has 0 amide bonds. The number of aromatic nitrogens is 1. The minimum absolute atomic E-state index is 0.241. The molecule has 1 aromatic carbocycles. The highest BCUT2D eigenvalue weighted by Crippen LogP contribution is 2.14. The number of methoxy groups -OCH3 is 1. The van der Waals surface area contributed by atoms with Crippen LogP contribution in [0.2, 0.25) is 0 Å². The summed E-state index contributed by atoms with van der Waals surface area (Å²) in [5, 5.41) is 0. The number of hydrogen-bond donors (Lipinski definition) is 0. The van der Waals surface area contributed by atoms with Crippen molar-refractivity contribution in [1.29, 1.82) is 0 Å². The van der Waals surface area contributed by atoms with Gasteiger partial charge in [0.05, 0.1) is 7.11 Å². The molecule has 0 N–H and O–H groups in total. The van der Waals surface area contributed by atoms with E-state index in [0.29, 0.717) is 12.8 Å². The summed E-state index contributed by atoms with van der Waals surface area (Å²) in [6.07, 6.45) is 5.29. The molecular weight excluding hydrogens is 238 g/mol. The van der Waals surface area contributed by atoms with Crippen LogP contribution in [0.25, 0.3) is 0 Å². The van der Waals surface area contributed by atoms with E-state index in [1.165, 1.54) is 0 Å². The van der Waals surface area contributed by atoms with E-state index in [-0.39, 0.29) is 5.78 Å². The molecule has 1 aromatic heterocycles. The number of benzene rings is 1. The summed E-state index contributed by atoms with van der Waals surface area (Å²) in [6.45, 7) is 0. The largest absolute Gasteiger partial charge is 0.497 e. The van der Waals surface area contributed by atoms with Crippen molar-refractivity contribution < 1.29 is 9.53 Å². The lowest BCUT2D eigenvalue weighted by Crippen LogP contribution is -2.04. The van der Waals surface area contributed by atoms with Gasteiger partial charge in [0.25, 0.3) is 0 Å². The molecule has 0 aliphatic carbocycles. The molecule has 19 heavy (non-hydrogen) atoms. The van der Waals surface area contributed by atoms with Gasteiger partial charge in [-0.05, 0) is 41.8 Å². The van der Waals surface area contributed by atoms with Crippen LogP contribution in [0.4, 0.5) is 0 Å². The van der Waals surface area contributed by atoms with E-state index in [1.807, 2.05) is 36.4 Å². The maximum Gasteiger partial charge on any atom is 0.137 e. The maximum absolute atomic E-state index is 11.9. The molecule has 2 rings (SSSR count). The van der Waals surface area contributed by atoms with Gasteiger partial charge in [-0.25, -0.2) is 0 Å². The molecular formula is C16H17NO2. The Morgan fingerprint density at radius 2 is 1.95 bits per heavy atom. The zero-order valence-electron chi connectivity index (χ0n) is 11.0.